The van der Waals surface area contributed by atoms with Gasteiger partial charge in [0, 0.05) is 10.6 Å². The van der Waals surface area contributed by atoms with Gasteiger partial charge >= 0.3 is 5.97 Å². The maximum atomic E-state index is 12.5. The fraction of sp³-hybridized carbons (Fsp3) is 0.105. The zero-order chi connectivity index (χ0) is 20.4. The molecule has 2 aromatic rings. The number of amides is 1. The van der Waals surface area contributed by atoms with Crippen molar-refractivity contribution in [3.63, 3.8) is 0 Å². The van der Waals surface area contributed by atoms with E-state index in [0.29, 0.717) is 24.9 Å². The van der Waals surface area contributed by atoms with Gasteiger partial charge in [-0.05, 0) is 82.4 Å². The second-order valence-corrected chi connectivity index (χ2v) is 7.93. The Bertz CT molecular complexity index is 1020. The molecule has 1 saturated heterocycles. The van der Waals surface area contributed by atoms with Crippen LogP contribution in [0.3, 0.4) is 0 Å². The van der Waals surface area contributed by atoms with Crippen molar-refractivity contribution < 1.29 is 24.5 Å². The Morgan fingerprint density at radius 1 is 1.32 bits per heavy atom. The molecule has 0 aliphatic carbocycles. The van der Waals surface area contributed by atoms with E-state index in [9.17, 15) is 14.7 Å². The predicted molar refractivity (Wildman–Crippen MR) is 114 cm³/mol. The standard InChI is InChI=1S/C19H15IN2O5S/c1-22-17(24)15(9-10-7-13(20)16(23)14(8-10)27-2)28-19(22)21-12-5-3-11(4-6-12)18(25)26/h3-9,23H,1-2H3,(H,25,26)/p-1/b15-9-,21-19?. The molecule has 2 aromatic carbocycles. The number of hydrogen-bond acceptors (Lipinski definition) is 6. The number of aliphatic imine (C=N–C) groups is 1. The maximum absolute atomic E-state index is 12.5. The van der Waals surface area contributed by atoms with Crippen molar-refractivity contribution in [3.8, 4) is 11.5 Å². The molecule has 0 atom stereocenters. The summed E-state index contributed by atoms with van der Waals surface area (Å²) in [7, 11) is 3.04. The Balaban J connectivity index is 1.90. The van der Waals surface area contributed by atoms with Crippen molar-refractivity contribution in [2.75, 3.05) is 14.2 Å². The summed E-state index contributed by atoms with van der Waals surface area (Å²) in [6, 6.07) is 9.35. The molecule has 1 aliphatic rings. The van der Waals surface area contributed by atoms with Crippen LogP contribution in [0.5, 0.6) is 11.5 Å². The van der Waals surface area contributed by atoms with E-state index in [4.69, 9.17) is 9.84 Å². The minimum Gasteiger partial charge on any atom is -0.869 e. The van der Waals surface area contributed by atoms with E-state index < -0.39 is 5.97 Å². The minimum absolute atomic E-state index is 0.165. The van der Waals surface area contributed by atoms with Crippen LogP contribution in [-0.2, 0) is 4.79 Å². The Kier molecular flexibility index (Phi) is 5.94. The van der Waals surface area contributed by atoms with Gasteiger partial charge in [-0.2, -0.15) is 0 Å². The number of ether oxygens (including phenoxy) is 1. The molecule has 0 saturated carbocycles. The lowest BCUT2D eigenvalue weighted by Gasteiger charge is -2.15. The van der Waals surface area contributed by atoms with Crippen molar-refractivity contribution in [1.29, 1.82) is 0 Å². The third-order valence-corrected chi connectivity index (χ3v) is 5.75. The van der Waals surface area contributed by atoms with Gasteiger partial charge in [0.25, 0.3) is 5.91 Å². The van der Waals surface area contributed by atoms with Gasteiger partial charge in [0.15, 0.2) is 5.17 Å². The molecule has 1 amide bonds. The first-order valence-electron chi connectivity index (χ1n) is 7.94. The number of thioether (sulfide) groups is 1. The summed E-state index contributed by atoms with van der Waals surface area (Å²) >= 11 is 3.13. The van der Waals surface area contributed by atoms with Gasteiger partial charge in [0.05, 0.1) is 23.3 Å². The summed E-state index contributed by atoms with van der Waals surface area (Å²) in [4.78, 5) is 29.8. The number of aromatic carboxylic acids is 1. The summed E-state index contributed by atoms with van der Waals surface area (Å²) in [5.74, 6) is -1.21. The summed E-state index contributed by atoms with van der Waals surface area (Å²) in [5.41, 5.74) is 1.39. The molecule has 7 nitrogen and oxygen atoms in total. The Morgan fingerprint density at radius 3 is 2.61 bits per heavy atom. The van der Waals surface area contributed by atoms with E-state index in [2.05, 4.69) is 4.99 Å². The molecule has 28 heavy (non-hydrogen) atoms. The number of amidine groups is 1. The molecule has 0 unspecified atom stereocenters. The topological polar surface area (TPSA) is 102 Å². The quantitative estimate of drug-likeness (QED) is 0.502. The molecule has 1 N–H and O–H groups in total. The molecule has 9 heteroatoms. The monoisotopic (exact) mass is 509 g/mol. The van der Waals surface area contributed by atoms with Crippen molar-refractivity contribution >= 4 is 63.2 Å². The second kappa shape index (κ2) is 8.23. The third kappa shape index (κ3) is 4.14. The van der Waals surface area contributed by atoms with Gasteiger partial charge in [-0.15, -0.1) is 0 Å². The lowest BCUT2D eigenvalue weighted by atomic mass is 10.2. The lowest BCUT2D eigenvalue weighted by molar-refractivity contribution is -0.271. The zero-order valence-corrected chi connectivity index (χ0v) is 17.8. The first kappa shape index (κ1) is 20.2. The Morgan fingerprint density at radius 2 is 2.00 bits per heavy atom. The number of likely N-dealkylation sites (N-methyl/N-ethyl adjacent to an activating group) is 1. The Labute approximate surface area is 178 Å². The molecular weight excluding hydrogens is 495 g/mol. The smallest absolute Gasteiger partial charge is 0.335 e. The normalized spacial score (nSPS) is 16.8. The number of hydrogen-bond donors (Lipinski definition) is 1. The molecule has 1 fully saturated rings. The summed E-state index contributed by atoms with van der Waals surface area (Å²) in [6.07, 6.45) is 1.68. The highest BCUT2D eigenvalue weighted by atomic mass is 127. The van der Waals surface area contributed by atoms with Crippen molar-refractivity contribution in [1.82, 2.24) is 4.90 Å². The first-order chi connectivity index (χ1) is 13.3. The highest BCUT2D eigenvalue weighted by molar-refractivity contribution is 14.1. The molecule has 0 spiro atoms. The fourth-order valence-electron chi connectivity index (χ4n) is 2.42. The van der Waals surface area contributed by atoms with Gasteiger partial charge in [-0.25, -0.2) is 9.79 Å². The highest BCUT2D eigenvalue weighted by Gasteiger charge is 2.30. The van der Waals surface area contributed by atoms with E-state index in [1.807, 2.05) is 22.6 Å². The Hall–Kier alpha value is -2.53. The number of benzene rings is 2. The number of methoxy groups -OCH3 is 1. The van der Waals surface area contributed by atoms with Crippen molar-refractivity contribution in [2.24, 2.45) is 4.99 Å². The molecule has 0 radical (unpaired) electrons. The zero-order valence-electron chi connectivity index (χ0n) is 14.8. The van der Waals surface area contributed by atoms with Gasteiger partial charge in [0.1, 0.15) is 5.75 Å². The van der Waals surface area contributed by atoms with Crippen LogP contribution in [0, 0.1) is 3.57 Å². The van der Waals surface area contributed by atoms with Crippen LogP contribution in [-0.4, -0.2) is 41.2 Å². The largest absolute Gasteiger partial charge is 0.869 e. The van der Waals surface area contributed by atoms with Crippen LogP contribution in [0.4, 0.5) is 5.69 Å². The minimum atomic E-state index is -1.01. The molecule has 1 aliphatic heterocycles. The van der Waals surface area contributed by atoms with Gasteiger partial charge < -0.3 is 14.9 Å². The van der Waals surface area contributed by atoms with Crippen molar-refractivity contribution in [3.05, 3.63) is 56.0 Å². The first-order valence-corrected chi connectivity index (χ1v) is 9.84. The molecule has 0 aromatic heterocycles. The number of rotatable bonds is 4. The number of halogens is 1. The molecule has 1 heterocycles. The third-order valence-electron chi connectivity index (χ3n) is 3.89. The van der Waals surface area contributed by atoms with E-state index in [1.54, 1.807) is 37.4 Å². The van der Waals surface area contributed by atoms with Crippen LogP contribution in [0.1, 0.15) is 15.9 Å². The maximum Gasteiger partial charge on any atom is 0.335 e. The average Bonchev–Trinajstić information content (AvgIpc) is 2.92. The number of carboxylic acid groups (broad SMARTS) is 1. The van der Waals surface area contributed by atoms with Gasteiger partial charge in [-0.1, -0.05) is 5.75 Å². The summed E-state index contributed by atoms with van der Waals surface area (Å²) in [5, 5.41) is 21.4. The summed E-state index contributed by atoms with van der Waals surface area (Å²) in [6.45, 7) is 0. The second-order valence-electron chi connectivity index (χ2n) is 5.76. The number of nitrogens with zero attached hydrogens (tertiary/aromatic N) is 2. The van der Waals surface area contributed by atoms with E-state index in [0.717, 1.165) is 0 Å². The van der Waals surface area contributed by atoms with E-state index >= 15 is 0 Å². The van der Waals surface area contributed by atoms with Crippen LogP contribution in [0.25, 0.3) is 6.08 Å². The highest BCUT2D eigenvalue weighted by Crippen LogP contribution is 2.35. The van der Waals surface area contributed by atoms with Crippen LogP contribution in [0.2, 0.25) is 0 Å². The molecular formula is C19H14IN2O5S-. The van der Waals surface area contributed by atoms with Crippen LogP contribution in [0.15, 0.2) is 46.3 Å². The summed E-state index contributed by atoms with van der Waals surface area (Å²) < 4.78 is 5.59. The fourth-order valence-corrected chi connectivity index (χ4v) is 4.03. The number of carboxylic acids is 1. The van der Waals surface area contributed by atoms with E-state index in [1.165, 1.54) is 35.9 Å². The number of carbonyl (C=O) groups is 2. The molecule has 3 rings (SSSR count). The SMILES string of the molecule is COc1cc(/C=C2\SC(=Nc3ccc(C(=O)O)cc3)N(C)C2=O)cc(I)c1[O-]. The van der Waals surface area contributed by atoms with Crippen LogP contribution < -0.4 is 9.84 Å². The molecule has 144 valence electrons. The lowest BCUT2D eigenvalue weighted by Crippen LogP contribution is -2.23. The molecule has 0 bridgehead atoms. The van der Waals surface area contributed by atoms with Gasteiger partial charge in [-0.3, -0.25) is 9.69 Å². The average molecular weight is 509 g/mol. The predicted octanol–water partition coefficient (Wildman–Crippen LogP) is 3.31. The van der Waals surface area contributed by atoms with Crippen LogP contribution >= 0.6 is 34.4 Å². The van der Waals surface area contributed by atoms with Gasteiger partial charge in [0.2, 0.25) is 0 Å². The van der Waals surface area contributed by atoms with E-state index in [-0.39, 0.29) is 23.0 Å². The number of carbonyl (C=O) groups excluding carboxylic acids is 1. The van der Waals surface area contributed by atoms with Crippen molar-refractivity contribution in [2.45, 2.75) is 0 Å².